The van der Waals surface area contributed by atoms with E-state index in [9.17, 15) is 9.59 Å². The van der Waals surface area contributed by atoms with Crippen molar-refractivity contribution in [1.29, 1.82) is 0 Å². The Kier molecular flexibility index (Phi) is 9.32. The maximum Gasteiger partial charge on any atom is 0.410 e. The molecule has 8 nitrogen and oxygen atoms in total. The number of benzene rings is 1. The summed E-state index contributed by atoms with van der Waals surface area (Å²) >= 11 is 5.42. The molecule has 0 spiro atoms. The van der Waals surface area contributed by atoms with Crippen molar-refractivity contribution in [3.05, 3.63) is 23.3 Å². The highest BCUT2D eigenvalue weighted by Crippen LogP contribution is 2.42. The molecule has 0 radical (unpaired) electrons. The lowest BCUT2D eigenvalue weighted by Crippen LogP contribution is -2.41. The van der Waals surface area contributed by atoms with Crippen LogP contribution in [0, 0.1) is 0 Å². The summed E-state index contributed by atoms with van der Waals surface area (Å²) in [5.74, 6) is 0.807. The van der Waals surface area contributed by atoms with E-state index in [2.05, 4.69) is 22.8 Å². The molecule has 1 aromatic rings. The number of rotatable bonds is 7. The molecule has 2 aliphatic rings. The molecular formula is C28H43N3O5S. The van der Waals surface area contributed by atoms with E-state index in [4.69, 9.17) is 26.4 Å². The number of unbranched alkanes of at least 4 members (excludes halogenated alkanes) is 2. The Morgan fingerprint density at radius 2 is 1.81 bits per heavy atom. The third kappa shape index (κ3) is 8.48. The first kappa shape index (κ1) is 29.0. The minimum atomic E-state index is -0.586. The van der Waals surface area contributed by atoms with Crippen LogP contribution in [0.15, 0.2) is 12.1 Å². The predicted molar refractivity (Wildman–Crippen MR) is 149 cm³/mol. The quantitative estimate of drug-likeness (QED) is 0.305. The van der Waals surface area contributed by atoms with Crippen molar-refractivity contribution in [3.8, 4) is 5.75 Å². The second kappa shape index (κ2) is 11.9. The highest BCUT2D eigenvalue weighted by molar-refractivity contribution is 7.80. The summed E-state index contributed by atoms with van der Waals surface area (Å²) in [5.41, 5.74) is 2.07. The normalized spacial score (nSPS) is 19.1. The fourth-order valence-corrected chi connectivity index (χ4v) is 4.75. The van der Waals surface area contributed by atoms with E-state index in [1.165, 1.54) is 5.56 Å². The summed E-state index contributed by atoms with van der Waals surface area (Å²) in [6.45, 7) is 14.2. The van der Waals surface area contributed by atoms with Gasteiger partial charge in [-0.2, -0.15) is 0 Å². The molecule has 2 atom stereocenters. The SMILES string of the molecule is CC1Oc2cc3c(cc2NC1=S)C(N(CCCCCNC(=O)OC(C)(C)C)C(=O)OC(C)(C)C)CCC3. The smallest absolute Gasteiger partial charge is 0.410 e. The number of nitrogens with one attached hydrogen (secondary N) is 2. The van der Waals surface area contributed by atoms with Gasteiger partial charge in [-0.1, -0.05) is 12.2 Å². The van der Waals surface area contributed by atoms with E-state index in [1.807, 2.05) is 53.4 Å². The van der Waals surface area contributed by atoms with Crippen LogP contribution in [-0.2, 0) is 15.9 Å². The summed E-state index contributed by atoms with van der Waals surface area (Å²) < 4.78 is 17.1. The van der Waals surface area contributed by atoms with Crippen molar-refractivity contribution in [2.75, 3.05) is 18.4 Å². The number of thiocarbonyl (C=S) groups is 1. The first-order valence-electron chi connectivity index (χ1n) is 13.3. The topological polar surface area (TPSA) is 89.1 Å². The number of anilines is 1. The maximum absolute atomic E-state index is 13.4. The minimum Gasteiger partial charge on any atom is -0.481 e. The van der Waals surface area contributed by atoms with E-state index in [0.717, 1.165) is 55.5 Å². The largest absolute Gasteiger partial charge is 0.481 e. The summed E-state index contributed by atoms with van der Waals surface area (Å²) in [7, 11) is 0. The van der Waals surface area contributed by atoms with Crippen molar-refractivity contribution in [2.45, 2.75) is 110 Å². The summed E-state index contributed by atoms with van der Waals surface area (Å²) in [6, 6.07) is 4.10. The van der Waals surface area contributed by atoms with Crippen LogP contribution >= 0.6 is 12.2 Å². The van der Waals surface area contributed by atoms with Crippen molar-refractivity contribution in [1.82, 2.24) is 10.2 Å². The standard InChI is InChI=1S/C28H43N3O5S/c1-18-24(37)30-21-17-20-19(16-23(21)34-18)12-11-13-22(20)31(26(33)36-28(5,6)7)15-10-8-9-14-29-25(32)35-27(2,3)4/h16-18,22H,8-15H2,1-7H3,(H,29,32)(H,30,37). The van der Waals surface area contributed by atoms with Gasteiger partial charge in [0.15, 0.2) is 0 Å². The zero-order valence-electron chi connectivity index (χ0n) is 23.4. The lowest BCUT2D eigenvalue weighted by Gasteiger charge is -2.38. The molecule has 2 unspecified atom stereocenters. The Bertz CT molecular complexity index is 999. The van der Waals surface area contributed by atoms with Gasteiger partial charge >= 0.3 is 12.2 Å². The van der Waals surface area contributed by atoms with E-state index < -0.39 is 17.3 Å². The Labute approximate surface area is 226 Å². The van der Waals surface area contributed by atoms with Crippen molar-refractivity contribution < 1.29 is 23.8 Å². The minimum absolute atomic E-state index is 0.0847. The van der Waals surface area contributed by atoms with Crippen LogP contribution in [0.1, 0.15) is 97.7 Å². The third-order valence-electron chi connectivity index (χ3n) is 6.20. The molecule has 1 heterocycles. The molecule has 0 fully saturated rings. The summed E-state index contributed by atoms with van der Waals surface area (Å²) in [5, 5.41) is 6.10. The number of alkyl carbamates (subject to hydrolysis) is 1. The number of ether oxygens (including phenoxy) is 3. The first-order chi connectivity index (χ1) is 17.2. The molecule has 0 saturated carbocycles. The fourth-order valence-electron chi connectivity index (χ4n) is 4.59. The van der Waals surface area contributed by atoms with E-state index in [-0.39, 0.29) is 18.2 Å². The van der Waals surface area contributed by atoms with Crippen LogP contribution in [0.5, 0.6) is 5.75 Å². The molecule has 3 rings (SSSR count). The Balaban J connectivity index is 1.69. The zero-order valence-corrected chi connectivity index (χ0v) is 24.2. The molecule has 0 bridgehead atoms. The maximum atomic E-state index is 13.4. The van der Waals surface area contributed by atoms with Gasteiger partial charge in [0.2, 0.25) is 0 Å². The second-order valence-corrected chi connectivity index (χ2v) is 12.3. The Hall–Kier alpha value is -2.55. The zero-order chi connectivity index (χ0) is 27.4. The first-order valence-corrected chi connectivity index (χ1v) is 13.7. The van der Waals surface area contributed by atoms with Gasteiger partial charge in [0.05, 0.1) is 11.7 Å². The molecule has 1 aromatic carbocycles. The van der Waals surface area contributed by atoms with Gasteiger partial charge in [-0.25, -0.2) is 9.59 Å². The number of fused-ring (bicyclic) bond motifs is 2. The predicted octanol–water partition coefficient (Wildman–Crippen LogP) is 6.52. The molecule has 37 heavy (non-hydrogen) atoms. The number of carbonyl (C=O) groups excluding carboxylic acids is 2. The molecule has 1 aliphatic heterocycles. The average molecular weight is 534 g/mol. The van der Waals surface area contributed by atoms with Gasteiger partial charge in [-0.15, -0.1) is 0 Å². The molecule has 2 N–H and O–H groups in total. The molecule has 2 amide bonds. The number of amides is 2. The molecule has 9 heteroatoms. The van der Waals surface area contributed by atoms with Gasteiger partial charge in [0.1, 0.15) is 28.0 Å². The average Bonchev–Trinajstić information content (AvgIpc) is 2.75. The van der Waals surface area contributed by atoms with Crippen LogP contribution in [0.25, 0.3) is 0 Å². The third-order valence-corrected chi connectivity index (χ3v) is 6.64. The van der Waals surface area contributed by atoms with Crippen LogP contribution in [0.2, 0.25) is 0 Å². The molecule has 0 saturated heterocycles. The Morgan fingerprint density at radius 1 is 1.11 bits per heavy atom. The van der Waals surface area contributed by atoms with E-state index in [1.54, 1.807) is 0 Å². The number of nitrogens with zero attached hydrogens (tertiary/aromatic N) is 1. The van der Waals surface area contributed by atoms with Crippen LogP contribution < -0.4 is 15.4 Å². The molecular weight excluding hydrogens is 490 g/mol. The van der Waals surface area contributed by atoms with Gasteiger partial charge < -0.3 is 29.7 Å². The second-order valence-electron chi connectivity index (χ2n) is 11.9. The van der Waals surface area contributed by atoms with Gasteiger partial charge in [-0.3, -0.25) is 0 Å². The monoisotopic (exact) mass is 533 g/mol. The fraction of sp³-hybridized carbons (Fsp3) is 0.679. The lowest BCUT2D eigenvalue weighted by molar-refractivity contribution is 0.0135. The Morgan fingerprint density at radius 3 is 2.49 bits per heavy atom. The van der Waals surface area contributed by atoms with Crippen LogP contribution in [-0.4, -0.2) is 52.5 Å². The summed E-state index contributed by atoms with van der Waals surface area (Å²) in [4.78, 5) is 27.8. The van der Waals surface area contributed by atoms with E-state index >= 15 is 0 Å². The molecule has 1 aliphatic carbocycles. The lowest BCUT2D eigenvalue weighted by atomic mass is 9.86. The van der Waals surface area contributed by atoms with Crippen LogP contribution in [0.3, 0.4) is 0 Å². The van der Waals surface area contributed by atoms with Crippen molar-refractivity contribution in [3.63, 3.8) is 0 Å². The number of aryl methyl sites for hydroxylation is 1. The van der Waals surface area contributed by atoms with E-state index in [0.29, 0.717) is 18.1 Å². The van der Waals surface area contributed by atoms with Gasteiger partial charge in [-0.05, 0) is 110 Å². The van der Waals surface area contributed by atoms with Crippen molar-refractivity contribution in [2.24, 2.45) is 0 Å². The van der Waals surface area contributed by atoms with Gasteiger partial charge in [0.25, 0.3) is 0 Å². The van der Waals surface area contributed by atoms with Crippen LogP contribution in [0.4, 0.5) is 15.3 Å². The number of carbonyl (C=O) groups is 2. The van der Waals surface area contributed by atoms with Crippen molar-refractivity contribution >= 4 is 35.1 Å². The number of hydrogen-bond acceptors (Lipinski definition) is 6. The highest BCUT2D eigenvalue weighted by Gasteiger charge is 2.34. The highest BCUT2D eigenvalue weighted by atomic mass is 32.1. The number of hydrogen-bond donors (Lipinski definition) is 2. The van der Waals surface area contributed by atoms with Gasteiger partial charge in [0, 0.05) is 13.1 Å². The summed E-state index contributed by atoms with van der Waals surface area (Å²) in [6.07, 6.45) is 4.38. The molecule has 0 aromatic heterocycles. The molecule has 206 valence electrons.